The third kappa shape index (κ3) is 5.53. The number of rotatable bonds is 8. The van der Waals surface area contributed by atoms with E-state index in [9.17, 15) is 0 Å². The van der Waals surface area contributed by atoms with Crippen LogP contribution in [0.3, 0.4) is 0 Å². The molecular formula is C18H19NOS. The first-order chi connectivity index (χ1) is 10.4. The van der Waals surface area contributed by atoms with Crippen molar-refractivity contribution in [2.24, 2.45) is 0 Å². The lowest BCUT2D eigenvalue weighted by atomic mass is 10.1. The fourth-order valence-corrected chi connectivity index (χ4v) is 2.97. The number of nitrogens with zero attached hydrogens (tertiary/aromatic N) is 1. The van der Waals surface area contributed by atoms with E-state index < -0.39 is 0 Å². The lowest BCUT2D eigenvalue weighted by Gasteiger charge is -2.06. The Morgan fingerprint density at radius 2 is 1.71 bits per heavy atom. The molecule has 0 spiro atoms. The smallest absolute Gasteiger partial charge is 0.119 e. The highest BCUT2D eigenvalue weighted by atomic mass is 32.2. The van der Waals surface area contributed by atoms with Crippen LogP contribution in [-0.2, 0) is 5.75 Å². The van der Waals surface area contributed by atoms with Crippen molar-refractivity contribution in [3.05, 3.63) is 65.7 Å². The van der Waals surface area contributed by atoms with Gasteiger partial charge in [0, 0.05) is 5.75 Å². The third-order valence-electron chi connectivity index (χ3n) is 3.09. The normalized spacial score (nSPS) is 10.0. The van der Waals surface area contributed by atoms with Gasteiger partial charge in [-0.05, 0) is 42.4 Å². The van der Waals surface area contributed by atoms with Crippen molar-refractivity contribution in [3.63, 3.8) is 0 Å². The maximum Gasteiger partial charge on any atom is 0.119 e. The summed E-state index contributed by atoms with van der Waals surface area (Å²) in [7, 11) is 0. The minimum atomic E-state index is 0.763. The Kier molecular flexibility index (Phi) is 6.70. The van der Waals surface area contributed by atoms with E-state index in [4.69, 9.17) is 10.00 Å². The number of nitriles is 1. The lowest BCUT2D eigenvalue weighted by Crippen LogP contribution is -1.98. The molecule has 0 saturated carbocycles. The van der Waals surface area contributed by atoms with E-state index >= 15 is 0 Å². The second-order valence-corrected chi connectivity index (χ2v) is 5.80. The van der Waals surface area contributed by atoms with Crippen LogP contribution >= 0.6 is 11.8 Å². The summed E-state index contributed by atoms with van der Waals surface area (Å²) in [6.45, 7) is 0.763. The first-order valence-corrected chi connectivity index (χ1v) is 8.29. The molecule has 0 fully saturated rings. The van der Waals surface area contributed by atoms with Crippen molar-refractivity contribution in [3.8, 4) is 11.8 Å². The van der Waals surface area contributed by atoms with Gasteiger partial charge in [-0.15, -0.1) is 0 Å². The summed E-state index contributed by atoms with van der Waals surface area (Å²) >= 11 is 1.88. The number of unbranched alkanes of at least 4 members (excludes halogenated alkanes) is 1. The second kappa shape index (κ2) is 9.10. The van der Waals surface area contributed by atoms with Gasteiger partial charge in [-0.3, -0.25) is 0 Å². The van der Waals surface area contributed by atoms with Crippen molar-refractivity contribution in [1.29, 1.82) is 5.26 Å². The van der Waals surface area contributed by atoms with E-state index in [0.29, 0.717) is 0 Å². The van der Waals surface area contributed by atoms with Crippen molar-refractivity contribution in [1.82, 2.24) is 0 Å². The molecule has 2 aromatic rings. The Morgan fingerprint density at radius 1 is 0.952 bits per heavy atom. The fraction of sp³-hybridized carbons (Fsp3) is 0.278. The number of benzene rings is 2. The highest BCUT2D eigenvalue weighted by Gasteiger charge is 2.00. The Bertz CT molecular complexity index is 577. The van der Waals surface area contributed by atoms with Crippen molar-refractivity contribution in [2.45, 2.75) is 18.6 Å². The highest BCUT2D eigenvalue weighted by molar-refractivity contribution is 7.98. The van der Waals surface area contributed by atoms with Crippen LogP contribution in [0.25, 0.3) is 0 Å². The van der Waals surface area contributed by atoms with Gasteiger partial charge in [-0.25, -0.2) is 0 Å². The Hall–Kier alpha value is -1.92. The summed E-state index contributed by atoms with van der Waals surface area (Å²) in [4.78, 5) is 0. The van der Waals surface area contributed by atoms with Crippen LogP contribution in [0.5, 0.6) is 5.75 Å². The summed E-state index contributed by atoms with van der Waals surface area (Å²) in [5.41, 5.74) is 1.92. The van der Waals surface area contributed by atoms with Crippen molar-refractivity contribution >= 4 is 11.8 Å². The molecule has 0 unspecified atom stereocenters. The maximum absolute atomic E-state index is 9.02. The molecule has 0 atom stereocenters. The first-order valence-electron chi connectivity index (χ1n) is 7.14. The molecule has 0 aliphatic rings. The molecule has 0 aliphatic heterocycles. The van der Waals surface area contributed by atoms with Gasteiger partial charge in [0.05, 0.1) is 18.2 Å². The van der Waals surface area contributed by atoms with Crippen LogP contribution in [0.1, 0.15) is 24.0 Å². The molecule has 0 bridgehead atoms. The maximum atomic E-state index is 9.02. The fourth-order valence-electron chi connectivity index (χ4n) is 1.95. The lowest BCUT2D eigenvalue weighted by molar-refractivity contribution is 0.310. The van der Waals surface area contributed by atoms with Crippen LogP contribution < -0.4 is 4.74 Å². The summed E-state index contributed by atoms with van der Waals surface area (Å²) < 4.78 is 5.66. The van der Waals surface area contributed by atoms with Gasteiger partial charge in [0.2, 0.25) is 0 Å². The van der Waals surface area contributed by atoms with Crippen molar-refractivity contribution < 1.29 is 4.74 Å². The number of para-hydroxylation sites is 1. The zero-order chi connectivity index (χ0) is 14.8. The number of hydrogen-bond acceptors (Lipinski definition) is 3. The molecule has 0 N–H and O–H groups in total. The second-order valence-electron chi connectivity index (χ2n) is 4.69. The molecule has 0 amide bonds. The van der Waals surface area contributed by atoms with E-state index in [0.717, 1.165) is 47.8 Å². The molecule has 3 heteroatoms. The molecule has 2 aromatic carbocycles. The van der Waals surface area contributed by atoms with Crippen LogP contribution in [0.2, 0.25) is 0 Å². The summed E-state index contributed by atoms with van der Waals surface area (Å²) in [6, 6.07) is 20.0. The molecule has 2 nitrogen and oxygen atoms in total. The molecule has 21 heavy (non-hydrogen) atoms. The average Bonchev–Trinajstić information content (AvgIpc) is 2.55. The van der Waals surface area contributed by atoms with E-state index in [2.05, 4.69) is 6.07 Å². The van der Waals surface area contributed by atoms with Gasteiger partial charge in [0.25, 0.3) is 0 Å². The molecule has 0 aliphatic carbocycles. The monoisotopic (exact) mass is 297 g/mol. The molecule has 0 heterocycles. The topological polar surface area (TPSA) is 33.0 Å². The molecule has 108 valence electrons. The molecule has 2 rings (SSSR count). The van der Waals surface area contributed by atoms with Crippen LogP contribution in [0.15, 0.2) is 54.6 Å². The zero-order valence-corrected chi connectivity index (χ0v) is 12.8. The summed E-state index contributed by atoms with van der Waals surface area (Å²) in [5.74, 6) is 2.94. The Morgan fingerprint density at radius 3 is 2.52 bits per heavy atom. The minimum absolute atomic E-state index is 0.763. The number of hydrogen-bond donors (Lipinski definition) is 0. The van der Waals surface area contributed by atoms with Gasteiger partial charge in [-0.1, -0.05) is 36.4 Å². The Balaban J connectivity index is 1.57. The minimum Gasteiger partial charge on any atom is -0.494 e. The Labute approximate surface area is 130 Å². The van der Waals surface area contributed by atoms with E-state index in [1.165, 1.54) is 0 Å². The van der Waals surface area contributed by atoms with E-state index in [1.807, 2.05) is 66.4 Å². The number of ether oxygens (including phenoxy) is 1. The molecule has 0 aromatic heterocycles. The van der Waals surface area contributed by atoms with Crippen LogP contribution in [0.4, 0.5) is 0 Å². The van der Waals surface area contributed by atoms with Crippen molar-refractivity contribution in [2.75, 3.05) is 12.4 Å². The van der Waals surface area contributed by atoms with Gasteiger partial charge >= 0.3 is 0 Å². The average molecular weight is 297 g/mol. The molecular weight excluding hydrogens is 278 g/mol. The standard InChI is InChI=1S/C18H19NOS/c19-14-16-8-4-5-9-17(16)15-21-13-7-6-12-20-18-10-2-1-3-11-18/h1-5,8-11H,6-7,12-13,15H2. The van der Waals surface area contributed by atoms with Crippen LogP contribution in [-0.4, -0.2) is 12.4 Å². The largest absolute Gasteiger partial charge is 0.494 e. The quantitative estimate of drug-likeness (QED) is 0.665. The van der Waals surface area contributed by atoms with Gasteiger partial charge in [-0.2, -0.15) is 17.0 Å². The van der Waals surface area contributed by atoms with Gasteiger partial charge < -0.3 is 4.74 Å². The zero-order valence-electron chi connectivity index (χ0n) is 12.0. The SMILES string of the molecule is N#Cc1ccccc1CSCCCCOc1ccccc1. The highest BCUT2D eigenvalue weighted by Crippen LogP contribution is 2.17. The van der Waals surface area contributed by atoms with E-state index in [1.54, 1.807) is 0 Å². The third-order valence-corrected chi connectivity index (χ3v) is 4.18. The van der Waals surface area contributed by atoms with Gasteiger partial charge in [0.1, 0.15) is 5.75 Å². The predicted octanol–water partition coefficient (Wildman–Crippen LogP) is 4.65. The van der Waals surface area contributed by atoms with Gasteiger partial charge in [0.15, 0.2) is 0 Å². The predicted molar refractivity (Wildman–Crippen MR) is 88.5 cm³/mol. The van der Waals surface area contributed by atoms with E-state index in [-0.39, 0.29) is 0 Å². The molecule has 0 saturated heterocycles. The first kappa shape index (κ1) is 15.5. The summed E-state index contributed by atoms with van der Waals surface area (Å²) in [6.07, 6.45) is 2.19. The number of thioether (sulfide) groups is 1. The molecule has 0 radical (unpaired) electrons. The van der Waals surface area contributed by atoms with Crippen LogP contribution in [0, 0.1) is 11.3 Å². The summed E-state index contributed by atoms with van der Waals surface area (Å²) in [5, 5.41) is 9.02.